The van der Waals surface area contributed by atoms with Crippen molar-refractivity contribution in [1.82, 2.24) is 15.0 Å². The van der Waals surface area contributed by atoms with Crippen molar-refractivity contribution >= 4 is 21.9 Å². The molecule has 0 fully saturated rings. The Morgan fingerprint density at radius 3 is 2.38 bits per heavy atom. The van der Waals surface area contributed by atoms with Crippen molar-refractivity contribution in [2.45, 2.75) is 25.8 Å². The Morgan fingerprint density at radius 2 is 1.75 bits per heavy atom. The van der Waals surface area contributed by atoms with Crippen LogP contribution >= 0.6 is 0 Å². The zero-order valence-corrected chi connectivity index (χ0v) is 14.4. The van der Waals surface area contributed by atoms with E-state index in [9.17, 15) is 8.42 Å². The second-order valence-electron chi connectivity index (χ2n) is 5.49. The zero-order valence-electron chi connectivity index (χ0n) is 13.6. The number of hydrogen-bond donors (Lipinski definition) is 3. The van der Waals surface area contributed by atoms with E-state index in [1.807, 2.05) is 30.3 Å². The van der Waals surface area contributed by atoms with Gasteiger partial charge >= 0.3 is 0 Å². The van der Waals surface area contributed by atoms with Crippen LogP contribution < -0.4 is 10.0 Å². The summed E-state index contributed by atoms with van der Waals surface area (Å²) >= 11 is 0. The molecular formula is C15H21N5O3S. The normalized spacial score (nSPS) is 12.6. The molecule has 1 aromatic carbocycles. The molecule has 2 aromatic rings. The van der Waals surface area contributed by atoms with E-state index in [4.69, 9.17) is 5.11 Å². The minimum atomic E-state index is -3.49. The molecule has 0 spiro atoms. The zero-order chi connectivity index (χ0) is 17.6. The molecule has 1 atom stereocenters. The predicted molar refractivity (Wildman–Crippen MR) is 92.3 cm³/mol. The predicted octanol–water partition coefficient (Wildman–Crippen LogP) is 0.821. The van der Waals surface area contributed by atoms with Gasteiger partial charge in [0.2, 0.25) is 21.9 Å². The maximum Gasteiger partial charge on any atom is 0.241 e. The number of aliphatic hydroxyl groups excluding tert-OH is 1. The highest BCUT2D eigenvalue weighted by atomic mass is 32.2. The lowest BCUT2D eigenvalue weighted by molar-refractivity contribution is 0.281. The van der Waals surface area contributed by atoms with Gasteiger partial charge in [0.1, 0.15) is 5.82 Å². The standard InChI is InChI=1S/C15H21N5O3S/c1-11(10-21)16-14-17-13(9-8-12-6-4-3-5-7-12)18-15(19-14)20-24(2,22)23/h3-7,11,21H,8-10H2,1-2H3,(H2,16,17,18,19,20)/t11-/m1/s1. The molecule has 130 valence electrons. The largest absolute Gasteiger partial charge is 0.394 e. The molecule has 2 rings (SSSR count). The first-order chi connectivity index (χ1) is 11.4. The quantitative estimate of drug-likeness (QED) is 0.644. The number of aliphatic hydroxyl groups is 1. The number of benzene rings is 1. The van der Waals surface area contributed by atoms with Crippen LogP contribution in [0, 0.1) is 0 Å². The van der Waals surface area contributed by atoms with Gasteiger partial charge in [-0.1, -0.05) is 30.3 Å². The van der Waals surface area contributed by atoms with Gasteiger partial charge in [-0.25, -0.2) is 8.42 Å². The summed E-state index contributed by atoms with van der Waals surface area (Å²) in [4.78, 5) is 12.5. The van der Waals surface area contributed by atoms with Crippen LogP contribution in [-0.4, -0.2) is 47.4 Å². The fourth-order valence-electron chi connectivity index (χ4n) is 1.97. The maximum atomic E-state index is 11.4. The van der Waals surface area contributed by atoms with Crippen LogP contribution in [-0.2, 0) is 22.9 Å². The van der Waals surface area contributed by atoms with Gasteiger partial charge in [0, 0.05) is 12.5 Å². The van der Waals surface area contributed by atoms with Crippen molar-refractivity contribution in [2.24, 2.45) is 0 Å². The van der Waals surface area contributed by atoms with Gasteiger partial charge in [-0.05, 0) is 18.9 Å². The number of aryl methyl sites for hydroxylation is 2. The minimum Gasteiger partial charge on any atom is -0.394 e. The van der Waals surface area contributed by atoms with Crippen molar-refractivity contribution in [3.8, 4) is 0 Å². The van der Waals surface area contributed by atoms with Crippen molar-refractivity contribution in [3.63, 3.8) is 0 Å². The molecule has 0 saturated heterocycles. The Kier molecular flexibility index (Phi) is 6.04. The smallest absolute Gasteiger partial charge is 0.241 e. The van der Waals surface area contributed by atoms with E-state index in [1.54, 1.807) is 6.92 Å². The molecule has 8 nitrogen and oxygen atoms in total. The molecule has 3 N–H and O–H groups in total. The van der Waals surface area contributed by atoms with Crippen molar-refractivity contribution < 1.29 is 13.5 Å². The summed E-state index contributed by atoms with van der Waals surface area (Å²) < 4.78 is 25.1. The van der Waals surface area contributed by atoms with Crippen molar-refractivity contribution in [2.75, 3.05) is 22.9 Å². The molecule has 0 radical (unpaired) electrons. The highest BCUT2D eigenvalue weighted by molar-refractivity contribution is 7.91. The number of anilines is 2. The molecule has 0 aliphatic heterocycles. The lowest BCUT2D eigenvalue weighted by atomic mass is 10.1. The topological polar surface area (TPSA) is 117 Å². The summed E-state index contributed by atoms with van der Waals surface area (Å²) in [6.07, 6.45) is 2.29. The molecule has 0 unspecified atom stereocenters. The molecule has 1 heterocycles. The highest BCUT2D eigenvalue weighted by Crippen LogP contribution is 2.11. The third-order valence-electron chi connectivity index (χ3n) is 3.09. The van der Waals surface area contributed by atoms with Crippen LogP contribution in [0.15, 0.2) is 30.3 Å². The van der Waals surface area contributed by atoms with E-state index in [1.165, 1.54) is 0 Å². The number of aromatic nitrogens is 3. The summed E-state index contributed by atoms with van der Waals surface area (Å²) in [6, 6.07) is 9.59. The average Bonchev–Trinajstić information content (AvgIpc) is 2.52. The van der Waals surface area contributed by atoms with E-state index in [-0.39, 0.29) is 24.5 Å². The summed E-state index contributed by atoms with van der Waals surface area (Å²) in [5.41, 5.74) is 1.13. The Labute approximate surface area is 141 Å². The molecule has 0 amide bonds. The molecule has 0 bridgehead atoms. The summed E-state index contributed by atoms with van der Waals surface area (Å²) in [5, 5.41) is 12.0. The first-order valence-corrected chi connectivity index (χ1v) is 9.39. The monoisotopic (exact) mass is 351 g/mol. The fourth-order valence-corrected chi connectivity index (χ4v) is 2.40. The summed E-state index contributed by atoms with van der Waals surface area (Å²) in [7, 11) is -3.49. The van der Waals surface area contributed by atoms with E-state index < -0.39 is 10.0 Å². The van der Waals surface area contributed by atoms with Crippen LogP contribution in [0.3, 0.4) is 0 Å². The van der Waals surface area contributed by atoms with Crippen molar-refractivity contribution in [3.05, 3.63) is 41.7 Å². The molecule has 1 aromatic heterocycles. The minimum absolute atomic E-state index is 0.0387. The van der Waals surface area contributed by atoms with Crippen molar-refractivity contribution in [1.29, 1.82) is 0 Å². The Hall–Kier alpha value is -2.26. The lowest BCUT2D eigenvalue weighted by Crippen LogP contribution is -2.23. The van der Waals surface area contributed by atoms with E-state index >= 15 is 0 Å². The van der Waals surface area contributed by atoms with Gasteiger partial charge in [-0.3, -0.25) is 4.72 Å². The number of rotatable bonds is 8. The highest BCUT2D eigenvalue weighted by Gasteiger charge is 2.12. The van der Waals surface area contributed by atoms with E-state index in [0.29, 0.717) is 12.2 Å². The van der Waals surface area contributed by atoms with Gasteiger partial charge in [-0.2, -0.15) is 15.0 Å². The van der Waals surface area contributed by atoms with E-state index in [2.05, 4.69) is 25.0 Å². The number of sulfonamides is 1. The van der Waals surface area contributed by atoms with Crippen LogP contribution in [0.1, 0.15) is 18.3 Å². The number of nitrogens with one attached hydrogen (secondary N) is 2. The third kappa shape index (κ3) is 6.09. The van der Waals surface area contributed by atoms with Crippen LogP contribution in [0.4, 0.5) is 11.9 Å². The molecule has 0 saturated carbocycles. The Bertz CT molecular complexity index is 768. The summed E-state index contributed by atoms with van der Waals surface area (Å²) in [6.45, 7) is 1.66. The van der Waals surface area contributed by atoms with Gasteiger partial charge in [0.25, 0.3) is 0 Å². The molecule has 0 aliphatic rings. The maximum absolute atomic E-state index is 11.4. The number of hydrogen-bond acceptors (Lipinski definition) is 7. The lowest BCUT2D eigenvalue weighted by Gasteiger charge is -2.13. The molecular weight excluding hydrogens is 330 g/mol. The van der Waals surface area contributed by atoms with Gasteiger partial charge in [0.05, 0.1) is 12.9 Å². The first kappa shape index (κ1) is 18.1. The van der Waals surface area contributed by atoms with Gasteiger partial charge < -0.3 is 10.4 Å². The Morgan fingerprint density at radius 1 is 1.08 bits per heavy atom. The third-order valence-corrected chi connectivity index (χ3v) is 3.64. The second kappa shape index (κ2) is 8.02. The molecule has 9 heteroatoms. The fraction of sp³-hybridized carbons (Fsp3) is 0.400. The average molecular weight is 351 g/mol. The van der Waals surface area contributed by atoms with Crippen LogP contribution in [0.2, 0.25) is 0 Å². The van der Waals surface area contributed by atoms with Gasteiger partial charge in [-0.15, -0.1) is 0 Å². The SMILES string of the molecule is C[C@H](CO)Nc1nc(CCc2ccccc2)nc(NS(C)(=O)=O)n1. The van der Waals surface area contributed by atoms with Gasteiger partial charge in [0.15, 0.2) is 0 Å². The van der Waals surface area contributed by atoms with E-state index in [0.717, 1.165) is 18.2 Å². The molecule has 24 heavy (non-hydrogen) atoms. The molecule has 0 aliphatic carbocycles. The number of nitrogens with zero attached hydrogens (tertiary/aromatic N) is 3. The first-order valence-electron chi connectivity index (χ1n) is 7.50. The van der Waals surface area contributed by atoms with Crippen LogP contribution in [0.5, 0.6) is 0 Å². The Balaban J connectivity index is 2.21. The summed E-state index contributed by atoms with van der Waals surface area (Å²) in [5.74, 6) is 0.650. The van der Waals surface area contributed by atoms with Crippen LogP contribution in [0.25, 0.3) is 0 Å². The second-order valence-corrected chi connectivity index (χ2v) is 7.24.